The highest BCUT2D eigenvalue weighted by molar-refractivity contribution is 9.10. The van der Waals surface area contributed by atoms with Gasteiger partial charge in [-0.05, 0) is 53.4 Å². The number of rotatable bonds is 8. The van der Waals surface area contributed by atoms with Crippen molar-refractivity contribution in [2.24, 2.45) is 5.73 Å². The predicted octanol–water partition coefficient (Wildman–Crippen LogP) is 3.50. The van der Waals surface area contributed by atoms with Gasteiger partial charge in [-0.3, -0.25) is 0 Å². The lowest BCUT2D eigenvalue weighted by Gasteiger charge is -2.28. The average Bonchev–Trinajstić information content (AvgIpc) is 2.47. The Kier molecular flexibility index (Phi) is 7.33. The van der Waals surface area contributed by atoms with Gasteiger partial charge in [-0.25, -0.2) is 8.42 Å². The third kappa shape index (κ3) is 4.52. The highest BCUT2D eigenvalue weighted by atomic mass is 79.9. The largest absolute Gasteiger partial charge is 0.326 e. The number of benzene rings is 1. The molecule has 6 heteroatoms. The molecule has 1 unspecified atom stereocenters. The molecule has 1 aromatic carbocycles. The zero-order chi connectivity index (χ0) is 16.0. The molecule has 0 aliphatic heterocycles. The van der Waals surface area contributed by atoms with Crippen molar-refractivity contribution in [2.45, 2.75) is 57.5 Å². The van der Waals surface area contributed by atoms with Crippen molar-refractivity contribution in [3.63, 3.8) is 0 Å². The SMILES string of the molecule is CCCCN(C(C)CC)S(=O)(=O)c1cc(CN)ccc1Br. The lowest BCUT2D eigenvalue weighted by atomic mass is 10.2. The molecule has 0 saturated carbocycles. The van der Waals surface area contributed by atoms with Crippen molar-refractivity contribution in [1.29, 1.82) is 0 Å². The molecule has 1 aromatic rings. The van der Waals surface area contributed by atoms with Gasteiger partial charge < -0.3 is 5.73 Å². The number of nitrogens with zero attached hydrogens (tertiary/aromatic N) is 1. The molecule has 0 aromatic heterocycles. The summed E-state index contributed by atoms with van der Waals surface area (Å²) in [5, 5.41) is 0. The fourth-order valence-corrected chi connectivity index (χ4v) is 4.81. The lowest BCUT2D eigenvalue weighted by Crippen LogP contribution is -2.39. The molecule has 120 valence electrons. The molecule has 1 rings (SSSR count). The van der Waals surface area contributed by atoms with E-state index in [0.29, 0.717) is 22.5 Å². The Bertz CT molecular complexity index is 561. The molecule has 21 heavy (non-hydrogen) atoms. The maximum absolute atomic E-state index is 13.0. The van der Waals surface area contributed by atoms with E-state index in [1.807, 2.05) is 19.9 Å². The Balaban J connectivity index is 3.27. The first kappa shape index (κ1) is 18.6. The topological polar surface area (TPSA) is 63.4 Å². The Morgan fingerprint density at radius 1 is 1.33 bits per heavy atom. The minimum Gasteiger partial charge on any atom is -0.326 e. The van der Waals surface area contributed by atoms with E-state index in [-0.39, 0.29) is 6.04 Å². The van der Waals surface area contributed by atoms with Gasteiger partial charge in [-0.1, -0.05) is 26.3 Å². The first-order valence-electron chi connectivity index (χ1n) is 7.38. The molecule has 0 aliphatic rings. The highest BCUT2D eigenvalue weighted by Gasteiger charge is 2.29. The Morgan fingerprint density at radius 3 is 2.52 bits per heavy atom. The van der Waals surface area contributed by atoms with Gasteiger partial charge in [0.05, 0.1) is 4.90 Å². The van der Waals surface area contributed by atoms with Crippen LogP contribution < -0.4 is 5.73 Å². The van der Waals surface area contributed by atoms with E-state index < -0.39 is 10.0 Å². The number of hydrogen-bond donors (Lipinski definition) is 1. The first-order valence-corrected chi connectivity index (χ1v) is 9.62. The molecule has 0 radical (unpaired) electrons. The fourth-order valence-electron chi connectivity index (χ4n) is 2.09. The summed E-state index contributed by atoms with van der Waals surface area (Å²) in [6, 6.07) is 5.24. The van der Waals surface area contributed by atoms with Crippen LogP contribution in [0.3, 0.4) is 0 Å². The van der Waals surface area contributed by atoms with E-state index in [2.05, 4.69) is 22.9 Å². The molecule has 0 spiro atoms. The van der Waals surface area contributed by atoms with Crippen LogP contribution in [0.1, 0.15) is 45.6 Å². The molecule has 1 atom stereocenters. The van der Waals surface area contributed by atoms with Gasteiger partial charge in [-0.15, -0.1) is 0 Å². The molecule has 0 aliphatic carbocycles. The summed E-state index contributed by atoms with van der Waals surface area (Å²) in [4.78, 5) is 0.307. The molecule has 2 N–H and O–H groups in total. The molecule has 0 amide bonds. The third-order valence-electron chi connectivity index (χ3n) is 3.63. The van der Waals surface area contributed by atoms with Crippen molar-refractivity contribution < 1.29 is 8.42 Å². The van der Waals surface area contributed by atoms with E-state index in [1.54, 1.807) is 16.4 Å². The van der Waals surface area contributed by atoms with Crippen LogP contribution in [-0.2, 0) is 16.6 Å². The number of halogens is 1. The molecular weight excluding hydrogens is 352 g/mol. The van der Waals surface area contributed by atoms with Gasteiger partial charge in [0, 0.05) is 23.6 Å². The van der Waals surface area contributed by atoms with Crippen LogP contribution in [-0.4, -0.2) is 25.3 Å². The van der Waals surface area contributed by atoms with E-state index in [9.17, 15) is 8.42 Å². The highest BCUT2D eigenvalue weighted by Crippen LogP contribution is 2.28. The van der Waals surface area contributed by atoms with Gasteiger partial charge in [-0.2, -0.15) is 4.31 Å². The lowest BCUT2D eigenvalue weighted by molar-refractivity contribution is 0.324. The molecular formula is C15H25BrN2O2S. The van der Waals surface area contributed by atoms with Crippen molar-refractivity contribution in [2.75, 3.05) is 6.54 Å². The van der Waals surface area contributed by atoms with Gasteiger partial charge in [0.1, 0.15) is 0 Å². The van der Waals surface area contributed by atoms with Gasteiger partial charge in [0.2, 0.25) is 10.0 Å². The predicted molar refractivity (Wildman–Crippen MR) is 90.6 cm³/mol. The molecule has 0 fully saturated rings. The second kappa shape index (κ2) is 8.27. The molecule has 0 saturated heterocycles. The van der Waals surface area contributed by atoms with E-state index in [4.69, 9.17) is 5.73 Å². The number of sulfonamides is 1. The van der Waals surface area contributed by atoms with Crippen LogP contribution in [0.4, 0.5) is 0 Å². The van der Waals surface area contributed by atoms with Crippen molar-refractivity contribution in [1.82, 2.24) is 4.31 Å². The van der Waals surface area contributed by atoms with Gasteiger partial charge >= 0.3 is 0 Å². The summed E-state index contributed by atoms with van der Waals surface area (Å²) in [5.74, 6) is 0. The third-order valence-corrected chi connectivity index (χ3v) is 6.64. The van der Waals surface area contributed by atoms with E-state index in [1.165, 1.54) is 0 Å². The molecule has 0 bridgehead atoms. The Labute approximate surface area is 136 Å². The second-order valence-corrected chi connectivity index (χ2v) is 7.91. The fraction of sp³-hybridized carbons (Fsp3) is 0.600. The van der Waals surface area contributed by atoms with Gasteiger partial charge in [0.25, 0.3) is 0 Å². The van der Waals surface area contributed by atoms with E-state index >= 15 is 0 Å². The maximum Gasteiger partial charge on any atom is 0.244 e. The van der Waals surface area contributed by atoms with Crippen LogP contribution >= 0.6 is 15.9 Å². The van der Waals surface area contributed by atoms with Crippen LogP contribution in [0.25, 0.3) is 0 Å². The minimum absolute atomic E-state index is 0.0185. The van der Waals surface area contributed by atoms with Crippen molar-refractivity contribution in [3.05, 3.63) is 28.2 Å². The van der Waals surface area contributed by atoms with Crippen LogP contribution in [0.2, 0.25) is 0 Å². The zero-order valence-corrected chi connectivity index (χ0v) is 15.4. The van der Waals surface area contributed by atoms with Gasteiger partial charge in [0.15, 0.2) is 0 Å². The second-order valence-electron chi connectivity index (χ2n) is 5.20. The van der Waals surface area contributed by atoms with Crippen molar-refractivity contribution >= 4 is 26.0 Å². The first-order chi connectivity index (χ1) is 9.88. The summed E-state index contributed by atoms with van der Waals surface area (Å²) in [6.07, 6.45) is 2.61. The van der Waals surface area contributed by atoms with Crippen LogP contribution in [0.5, 0.6) is 0 Å². The number of hydrogen-bond acceptors (Lipinski definition) is 3. The minimum atomic E-state index is -3.52. The smallest absolute Gasteiger partial charge is 0.244 e. The average molecular weight is 377 g/mol. The summed E-state index contributed by atoms with van der Waals surface area (Å²) < 4.78 is 28.2. The Morgan fingerprint density at radius 2 is 2.00 bits per heavy atom. The van der Waals surface area contributed by atoms with Crippen LogP contribution in [0, 0.1) is 0 Å². The zero-order valence-electron chi connectivity index (χ0n) is 13.0. The monoisotopic (exact) mass is 376 g/mol. The van der Waals surface area contributed by atoms with E-state index in [0.717, 1.165) is 24.8 Å². The summed E-state index contributed by atoms with van der Waals surface area (Å²) in [7, 11) is -3.52. The number of nitrogens with two attached hydrogens (primary N) is 1. The summed E-state index contributed by atoms with van der Waals surface area (Å²) in [5.41, 5.74) is 6.45. The normalized spacial score (nSPS) is 13.6. The molecule has 0 heterocycles. The quantitative estimate of drug-likeness (QED) is 0.754. The molecule has 4 nitrogen and oxygen atoms in total. The van der Waals surface area contributed by atoms with Crippen molar-refractivity contribution in [3.8, 4) is 0 Å². The Hall–Kier alpha value is -0.430. The summed E-state index contributed by atoms with van der Waals surface area (Å²) in [6.45, 7) is 6.89. The standard InChI is InChI=1S/C15H25BrN2O2S/c1-4-6-9-18(12(3)5-2)21(19,20)15-10-13(11-17)7-8-14(15)16/h7-8,10,12H,4-6,9,11,17H2,1-3H3. The summed E-state index contributed by atoms with van der Waals surface area (Å²) >= 11 is 3.36. The maximum atomic E-state index is 13.0. The van der Waals surface area contributed by atoms with Crippen LogP contribution in [0.15, 0.2) is 27.6 Å². The number of unbranched alkanes of at least 4 members (excludes halogenated alkanes) is 1.